The van der Waals surface area contributed by atoms with Crippen LogP contribution in [0.5, 0.6) is 0 Å². The Labute approximate surface area is 127 Å². The summed E-state index contributed by atoms with van der Waals surface area (Å²) in [6.45, 7) is 5.32. The van der Waals surface area contributed by atoms with E-state index < -0.39 is 5.97 Å². The number of amides is 2. The number of fused-ring (bicyclic) bond motifs is 1. The molecule has 1 aliphatic heterocycles. The number of hydrogen-bond donors (Lipinski definition) is 1. The number of carbonyl (C=O) groups is 2. The number of ether oxygens (including phenoxy) is 1. The number of pyridine rings is 1. The Bertz CT molecular complexity index is 725. The molecule has 3 heterocycles. The summed E-state index contributed by atoms with van der Waals surface area (Å²) in [6, 6.07) is 3.43. The van der Waals surface area contributed by atoms with E-state index in [1.165, 1.54) is 0 Å². The van der Waals surface area contributed by atoms with Gasteiger partial charge in [0.15, 0.2) is 0 Å². The number of esters is 1. The van der Waals surface area contributed by atoms with E-state index in [0.717, 1.165) is 11.3 Å². The van der Waals surface area contributed by atoms with Crippen molar-refractivity contribution in [3.63, 3.8) is 0 Å². The number of imidazole rings is 1. The van der Waals surface area contributed by atoms with Gasteiger partial charge in [-0.15, -0.1) is 0 Å². The van der Waals surface area contributed by atoms with Crippen molar-refractivity contribution in [2.24, 2.45) is 0 Å². The summed E-state index contributed by atoms with van der Waals surface area (Å²) < 4.78 is 7.26. The smallest absolute Gasteiger partial charge is 0.339 e. The molecule has 22 heavy (non-hydrogen) atoms. The zero-order valence-corrected chi connectivity index (χ0v) is 12.6. The van der Waals surface area contributed by atoms with Crippen molar-refractivity contribution >= 4 is 17.5 Å². The second-order valence-corrected chi connectivity index (χ2v) is 5.41. The van der Waals surface area contributed by atoms with Gasteiger partial charge in [0.1, 0.15) is 11.9 Å². The minimum absolute atomic E-state index is 0.113. The van der Waals surface area contributed by atoms with Crippen LogP contribution < -0.4 is 5.32 Å². The van der Waals surface area contributed by atoms with Gasteiger partial charge >= 0.3 is 12.0 Å². The lowest BCUT2D eigenvalue weighted by molar-refractivity contribution is 0.0290. The molecule has 2 amide bonds. The van der Waals surface area contributed by atoms with Crippen molar-refractivity contribution in [1.82, 2.24) is 19.6 Å². The largest absolute Gasteiger partial charge is 0.457 e. The fourth-order valence-corrected chi connectivity index (χ4v) is 2.52. The monoisotopic (exact) mass is 302 g/mol. The first-order valence-electron chi connectivity index (χ1n) is 7.22. The molecule has 1 N–H and O–H groups in total. The predicted molar refractivity (Wildman–Crippen MR) is 79.8 cm³/mol. The van der Waals surface area contributed by atoms with E-state index >= 15 is 0 Å². The Kier molecular flexibility index (Phi) is 3.70. The van der Waals surface area contributed by atoms with E-state index in [9.17, 15) is 9.59 Å². The molecule has 7 heteroatoms. The lowest BCUT2D eigenvalue weighted by atomic mass is 10.2. The Morgan fingerprint density at radius 2 is 2.32 bits per heavy atom. The normalized spacial score (nSPS) is 15.9. The maximum Gasteiger partial charge on any atom is 0.339 e. The molecule has 116 valence electrons. The minimum Gasteiger partial charge on any atom is -0.457 e. The number of hydrogen-bond acceptors (Lipinski definition) is 4. The molecule has 1 saturated heterocycles. The van der Waals surface area contributed by atoms with Crippen LogP contribution in [0, 0.1) is 6.92 Å². The van der Waals surface area contributed by atoms with Crippen LogP contribution in [0.2, 0.25) is 0 Å². The molecule has 3 rings (SSSR count). The first-order valence-corrected chi connectivity index (χ1v) is 7.22. The van der Waals surface area contributed by atoms with Gasteiger partial charge < -0.3 is 19.4 Å². The first kappa shape index (κ1) is 14.4. The molecule has 0 aliphatic carbocycles. The van der Waals surface area contributed by atoms with Crippen LogP contribution in [-0.2, 0) is 4.74 Å². The Balaban J connectivity index is 1.67. The molecule has 2 aromatic rings. The summed E-state index contributed by atoms with van der Waals surface area (Å²) in [7, 11) is 0. The van der Waals surface area contributed by atoms with Crippen molar-refractivity contribution < 1.29 is 14.3 Å². The van der Waals surface area contributed by atoms with Crippen molar-refractivity contribution in [1.29, 1.82) is 0 Å². The van der Waals surface area contributed by atoms with Gasteiger partial charge in [0.25, 0.3) is 0 Å². The van der Waals surface area contributed by atoms with E-state index in [4.69, 9.17) is 4.74 Å². The maximum absolute atomic E-state index is 12.2. The highest BCUT2D eigenvalue weighted by Gasteiger charge is 2.23. The molecule has 0 bridgehead atoms. The fraction of sp³-hybridized carbons (Fsp3) is 0.400. The van der Waals surface area contributed by atoms with Gasteiger partial charge in [-0.1, -0.05) is 0 Å². The van der Waals surface area contributed by atoms with Crippen molar-refractivity contribution in [2.45, 2.75) is 20.0 Å². The fourth-order valence-electron chi connectivity index (χ4n) is 2.52. The van der Waals surface area contributed by atoms with Gasteiger partial charge in [-0.2, -0.15) is 0 Å². The van der Waals surface area contributed by atoms with Gasteiger partial charge in [-0.25, -0.2) is 14.6 Å². The summed E-state index contributed by atoms with van der Waals surface area (Å²) in [4.78, 5) is 29.5. The Morgan fingerprint density at radius 1 is 1.50 bits per heavy atom. The topological polar surface area (TPSA) is 75.9 Å². The van der Waals surface area contributed by atoms with Crippen LogP contribution in [-0.4, -0.2) is 52.0 Å². The average Bonchev–Trinajstić information content (AvgIpc) is 3.06. The van der Waals surface area contributed by atoms with Crippen LogP contribution in [0.15, 0.2) is 24.5 Å². The van der Waals surface area contributed by atoms with Crippen molar-refractivity contribution in [2.75, 3.05) is 19.6 Å². The summed E-state index contributed by atoms with van der Waals surface area (Å²) in [6.07, 6.45) is 3.10. The van der Waals surface area contributed by atoms with Gasteiger partial charge in [0.2, 0.25) is 0 Å². The lowest BCUT2D eigenvalue weighted by Gasteiger charge is -2.20. The van der Waals surface area contributed by atoms with E-state index in [0.29, 0.717) is 25.2 Å². The van der Waals surface area contributed by atoms with Crippen molar-refractivity contribution in [3.8, 4) is 0 Å². The molecule has 1 unspecified atom stereocenters. The Morgan fingerprint density at radius 3 is 3.05 bits per heavy atom. The molecular formula is C15H18N4O3. The molecule has 0 radical (unpaired) electrons. The summed E-state index contributed by atoms with van der Waals surface area (Å²) in [5.41, 5.74) is 1.39. The SMILES string of the molecule is Cc1ncc2ccc(C(=O)OC(C)CN3CCNC3=O)cn12. The predicted octanol–water partition coefficient (Wildman–Crippen LogP) is 1.21. The summed E-state index contributed by atoms with van der Waals surface area (Å²) in [5.74, 6) is 0.411. The van der Waals surface area contributed by atoms with E-state index in [-0.39, 0.29) is 12.1 Å². The van der Waals surface area contributed by atoms with Gasteiger partial charge in [-0.3, -0.25) is 0 Å². The number of rotatable bonds is 4. The number of aromatic nitrogens is 2. The zero-order valence-electron chi connectivity index (χ0n) is 12.6. The van der Waals surface area contributed by atoms with Crippen LogP contribution in [0.3, 0.4) is 0 Å². The molecule has 1 aliphatic rings. The van der Waals surface area contributed by atoms with E-state index in [1.54, 1.807) is 30.3 Å². The maximum atomic E-state index is 12.2. The molecule has 1 atom stereocenters. The molecule has 0 saturated carbocycles. The molecule has 7 nitrogen and oxygen atoms in total. The third kappa shape index (κ3) is 2.74. The second-order valence-electron chi connectivity index (χ2n) is 5.41. The second kappa shape index (κ2) is 5.67. The van der Waals surface area contributed by atoms with Crippen LogP contribution in [0.1, 0.15) is 23.1 Å². The molecule has 1 fully saturated rings. The van der Waals surface area contributed by atoms with Crippen LogP contribution in [0.25, 0.3) is 5.52 Å². The molecular weight excluding hydrogens is 284 g/mol. The average molecular weight is 302 g/mol. The molecule has 0 aromatic carbocycles. The van der Waals surface area contributed by atoms with Gasteiger partial charge in [-0.05, 0) is 26.0 Å². The highest BCUT2D eigenvalue weighted by Crippen LogP contribution is 2.11. The first-order chi connectivity index (χ1) is 10.5. The van der Waals surface area contributed by atoms with E-state index in [2.05, 4.69) is 10.3 Å². The van der Waals surface area contributed by atoms with Gasteiger partial charge in [0, 0.05) is 19.3 Å². The minimum atomic E-state index is -0.401. The number of carbonyl (C=O) groups excluding carboxylic acids is 2. The summed E-state index contributed by atoms with van der Waals surface area (Å²) in [5, 5.41) is 2.72. The lowest BCUT2D eigenvalue weighted by Crippen LogP contribution is -2.36. The van der Waals surface area contributed by atoms with E-state index in [1.807, 2.05) is 17.4 Å². The van der Waals surface area contributed by atoms with Gasteiger partial charge in [0.05, 0.1) is 23.8 Å². The quantitative estimate of drug-likeness (QED) is 0.861. The highest BCUT2D eigenvalue weighted by molar-refractivity contribution is 5.89. The molecule has 0 spiro atoms. The zero-order chi connectivity index (χ0) is 15.7. The van der Waals surface area contributed by atoms with Crippen LogP contribution in [0.4, 0.5) is 4.79 Å². The van der Waals surface area contributed by atoms with Crippen molar-refractivity contribution in [3.05, 3.63) is 35.9 Å². The molecule has 2 aromatic heterocycles. The number of urea groups is 1. The number of aryl methyl sites for hydroxylation is 1. The standard InChI is InChI=1S/C15H18N4O3/c1-10(8-18-6-5-16-15(18)21)22-14(20)12-3-4-13-7-17-11(2)19(13)9-12/h3-4,7,9-10H,5-6,8H2,1-2H3,(H,16,21). The highest BCUT2D eigenvalue weighted by atomic mass is 16.5. The third-order valence-corrected chi connectivity index (χ3v) is 3.68. The third-order valence-electron chi connectivity index (χ3n) is 3.68. The number of nitrogens with zero attached hydrogens (tertiary/aromatic N) is 3. The summed E-state index contributed by atoms with van der Waals surface area (Å²) >= 11 is 0. The number of nitrogens with one attached hydrogen (secondary N) is 1. The Hall–Kier alpha value is -2.57. The van der Waals surface area contributed by atoms with Crippen LogP contribution >= 0.6 is 0 Å².